The molecule has 2 rings (SSSR count). The molecule has 1 aromatic rings. The van der Waals surface area contributed by atoms with E-state index in [1.54, 1.807) is 0 Å². The molecule has 1 aliphatic heterocycles. The standard InChI is InChI=1S/C14H21N3O/c1-2-3-11-8-9-17(10-11)13-6-4-12(5-7-13)14(15)16-18/h4-7,11,18H,2-3,8-10H2,1H3,(H2,15,16). The summed E-state index contributed by atoms with van der Waals surface area (Å²) in [6.07, 6.45) is 3.87. The number of amidine groups is 1. The van der Waals surface area contributed by atoms with Gasteiger partial charge in [-0.2, -0.15) is 0 Å². The van der Waals surface area contributed by atoms with E-state index in [-0.39, 0.29) is 5.84 Å². The monoisotopic (exact) mass is 247 g/mol. The molecule has 1 aromatic carbocycles. The zero-order chi connectivity index (χ0) is 13.0. The van der Waals surface area contributed by atoms with Crippen molar-refractivity contribution in [3.8, 4) is 0 Å². The molecule has 1 unspecified atom stereocenters. The normalized spacial score (nSPS) is 20.4. The first-order chi connectivity index (χ1) is 8.74. The maximum atomic E-state index is 8.62. The first-order valence-corrected chi connectivity index (χ1v) is 6.57. The summed E-state index contributed by atoms with van der Waals surface area (Å²) in [6, 6.07) is 7.89. The fraction of sp³-hybridized carbons (Fsp3) is 0.500. The molecule has 0 saturated carbocycles. The molecule has 4 nitrogen and oxygen atoms in total. The second-order valence-electron chi connectivity index (χ2n) is 4.92. The van der Waals surface area contributed by atoms with E-state index in [4.69, 9.17) is 10.9 Å². The van der Waals surface area contributed by atoms with Crippen LogP contribution in [-0.4, -0.2) is 24.1 Å². The van der Waals surface area contributed by atoms with Gasteiger partial charge in [-0.1, -0.05) is 18.5 Å². The number of rotatable bonds is 4. The summed E-state index contributed by atoms with van der Waals surface area (Å²) in [7, 11) is 0. The summed E-state index contributed by atoms with van der Waals surface area (Å²) in [5, 5.41) is 11.6. The van der Waals surface area contributed by atoms with Crippen molar-refractivity contribution in [1.82, 2.24) is 0 Å². The van der Waals surface area contributed by atoms with Gasteiger partial charge in [0.25, 0.3) is 0 Å². The summed E-state index contributed by atoms with van der Waals surface area (Å²) >= 11 is 0. The quantitative estimate of drug-likeness (QED) is 0.372. The molecule has 1 saturated heterocycles. The van der Waals surface area contributed by atoms with Crippen LogP contribution in [0.5, 0.6) is 0 Å². The van der Waals surface area contributed by atoms with Gasteiger partial charge in [-0.05, 0) is 43.0 Å². The Labute approximate surface area is 108 Å². The highest BCUT2D eigenvalue weighted by atomic mass is 16.4. The first kappa shape index (κ1) is 12.7. The second-order valence-corrected chi connectivity index (χ2v) is 4.92. The van der Waals surface area contributed by atoms with Crippen molar-refractivity contribution >= 4 is 11.5 Å². The van der Waals surface area contributed by atoms with Crippen LogP contribution < -0.4 is 10.6 Å². The summed E-state index contributed by atoms with van der Waals surface area (Å²) in [6.45, 7) is 4.53. The van der Waals surface area contributed by atoms with Crippen molar-refractivity contribution in [3.63, 3.8) is 0 Å². The van der Waals surface area contributed by atoms with Gasteiger partial charge in [0.2, 0.25) is 0 Å². The van der Waals surface area contributed by atoms with E-state index >= 15 is 0 Å². The van der Waals surface area contributed by atoms with Crippen LogP contribution >= 0.6 is 0 Å². The second kappa shape index (κ2) is 5.76. The third-order valence-electron chi connectivity index (χ3n) is 3.62. The highest BCUT2D eigenvalue weighted by Gasteiger charge is 2.21. The molecule has 4 heteroatoms. The Kier molecular flexibility index (Phi) is 4.07. The summed E-state index contributed by atoms with van der Waals surface area (Å²) in [4.78, 5) is 2.41. The molecule has 0 amide bonds. The summed E-state index contributed by atoms with van der Waals surface area (Å²) in [5.74, 6) is 0.991. The van der Waals surface area contributed by atoms with Crippen molar-refractivity contribution in [2.75, 3.05) is 18.0 Å². The molecule has 1 atom stereocenters. The summed E-state index contributed by atoms with van der Waals surface area (Å²) in [5.41, 5.74) is 7.53. The van der Waals surface area contributed by atoms with Crippen LogP contribution in [0.25, 0.3) is 0 Å². The maximum absolute atomic E-state index is 8.62. The molecule has 1 fully saturated rings. The number of oxime groups is 1. The highest BCUT2D eigenvalue weighted by Crippen LogP contribution is 2.26. The Bertz CT molecular complexity index is 414. The Hall–Kier alpha value is -1.71. The lowest BCUT2D eigenvalue weighted by molar-refractivity contribution is 0.318. The molecule has 0 aliphatic carbocycles. The highest BCUT2D eigenvalue weighted by molar-refractivity contribution is 5.97. The van der Waals surface area contributed by atoms with Gasteiger partial charge in [0.05, 0.1) is 0 Å². The van der Waals surface area contributed by atoms with Crippen LogP contribution in [0.4, 0.5) is 5.69 Å². The lowest BCUT2D eigenvalue weighted by Crippen LogP contribution is -2.20. The van der Waals surface area contributed by atoms with Gasteiger partial charge in [-0.25, -0.2) is 0 Å². The molecular weight excluding hydrogens is 226 g/mol. The van der Waals surface area contributed by atoms with Crippen LogP contribution in [0.15, 0.2) is 29.4 Å². The molecule has 1 aliphatic rings. The fourth-order valence-corrected chi connectivity index (χ4v) is 2.61. The number of hydrogen-bond donors (Lipinski definition) is 2. The fourth-order valence-electron chi connectivity index (χ4n) is 2.61. The summed E-state index contributed by atoms with van der Waals surface area (Å²) < 4.78 is 0. The van der Waals surface area contributed by atoms with Gasteiger partial charge in [0, 0.05) is 24.3 Å². The SMILES string of the molecule is CCCC1CCN(c2ccc(/C(N)=N/O)cc2)C1. The zero-order valence-electron chi connectivity index (χ0n) is 10.8. The van der Waals surface area contributed by atoms with Crippen LogP contribution in [0.2, 0.25) is 0 Å². The number of nitrogens with two attached hydrogens (primary N) is 1. The Morgan fingerprint density at radius 3 is 2.78 bits per heavy atom. The lowest BCUT2D eigenvalue weighted by atomic mass is 10.0. The molecule has 1 heterocycles. The van der Waals surface area contributed by atoms with E-state index in [0.717, 1.165) is 24.6 Å². The predicted octanol–water partition coefficient (Wildman–Crippen LogP) is 2.41. The van der Waals surface area contributed by atoms with Gasteiger partial charge >= 0.3 is 0 Å². The van der Waals surface area contributed by atoms with Crippen LogP contribution in [0.1, 0.15) is 31.7 Å². The lowest BCUT2D eigenvalue weighted by Gasteiger charge is -2.19. The maximum Gasteiger partial charge on any atom is 0.170 e. The minimum absolute atomic E-state index is 0.159. The largest absolute Gasteiger partial charge is 0.409 e. The zero-order valence-corrected chi connectivity index (χ0v) is 10.8. The van der Waals surface area contributed by atoms with E-state index in [0.29, 0.717) is 0 Å². The minimum Gasteiger partial charge on any atom is -0.409 e. The van der Waals surface area contributed by atoms with E-state index in [1.165, 1.54) is 24.9 Å². The molecule has 3 N–H and O–H groups in total. The molecule has 0 spiro atoms. The minimum atomic E-state index is 0.159. The molecule has 0 aromatic heterocycles. The van der Waals surface area contributed by atoms with Crippen molar-refractivity contribution in [1.29, 1.82) is 0 Å². The van der Waals surface area contributed by atoms with Crippen molar-refractivity contribution in [2.24, 2.45) is 16.8 Å². The average Bonchev–Trinajstić information content (AvgIpc) is 2.87. The van der Waals surface area contributed by atoms with E-state index in [2.05, 4.69) is 17.0 Å². The first-order valence-electron chi connectivity index (χ1n) is 6.57. The van der Waals surface area contributed by atoms with Gasteiger partial charge in [-0.15, -0.1) is 0 Å². The van der Waals surface area contributed by atoms with E-state index in [9.17, 15) is 0 Å². The van der Waals surface area contributed by atoms with Gasteiger partial charge < -0.3 is 15.8 Å². The van der Waals surface area contributed by atoms with Crippen LogP contribution in [-0.2, 0) is 0 Å². The molecule has 0 bridgehead atoms. The smallest absolute Gasteiger partial charge is 0.170 e. The molecular formula is C14H21N3O. The third-order valence-corrected chi connectivity index (χ3v) is 3.62. The van der Waals surface area contributed by atoms with E-state index in [1.807, 2.05) is 24.3 Å². The molecule has 18 heavy (non-hydrogen) atoms. The Balaban J connectivity index is 2.02. The number of nitrogens with zero attached hydrogens (tertiary/aromatic N) is 2. The van der Waals surface area contributed by atoms with E-state index < -0.39 is 0 Å². The average molecular weight is 247 g/mol. The Morgan fingerprint density at radius 2 is 2.17 bits per heavy atom. The van der Waals surface area contributed by atoms with Crippen molar-refractivity contribution in [2.45, 2.75) is 26.2 Å². The number of hydrogen-bond acceptors (Lipinski definition) is 3. The van der Waals surface area contributed by atoms with Crippen molar-refractivity contribution in [3.05, 3.63) is 29.8 Å². The Morgan fingerprint density at radius 1 is 1.44 bits per heavy atom. The number of benzene rings is 1. The van der Waals surface area contributed by atoms with Gasteiger partial charge in [0.15, 0.2) is 5.84 Å². The predicted molar refractivity (Wildman–Crippen MR) is 74.2 cm³/mol. The molecule has 0 radical (unpaired) electrons. The van der Waals surface area contributed by atoms with Gasteiger partial charge in [-0.3, -0.25) is 0 Å². The van der Waals surface area contributed by atoms with Gasteiger partial charge in [0.1, 0.15) is 0 Å². The number of anilines is 1. The molecule has 98 valence electrons. The topological polar surface area (TPSA) is 61.8 Å². The van der Waals surface area contributed by atoms with Crippen molar-refractivity contribution < 1.29 is 5.21 Å². The third kappa shape index (κ3) is 2.75. The van der Waals surface area contributed by atoms with Crippen LogP contribution in [0, 0.1) is 5.92 Å². The van der Waals surface area contributed by atoms with Crippen LogP contribution in [0.3, 0.4) is 0 Å².